The lowest BCUT2D eigenvalue weighted by Crippen LogP contribution is -2.15. The number of nitrogens with zero attached hydrogens (tertiary/aromatic N) is 1. The van der Waals surface area contributed by atoms with Gasteiger partial charge in [-0.25, -0.2) is 0 Å². The van der Waals surface area contributed by atoms with Crippen molar-refractivity contribution in [3.8, 4) is 0 Å². The number of hydrogen-bond acceptors (Lipinski definition) is 2. The van der Waals surface area contributed by atoms with Gasteiger partial charge in [-0.15, -0.1) is 0 Å². The Bertz CT molecular complexity index is 284. The Hall–Kier alpha value is -0.730. The molecule has 2 nitrogen and oxygen atoms in total. The first-order valence-electron chi connectivity index (χ1n) is 4.26. The van der Waals surface area contributed by atoms with Crippen LogP contribution in [0.15, 0.2) is 18.2 Å². The van der Waals surface area contributed by atoms with E-state index in [9.17, 15) is 0 Å². The molecule has 72 valence electrons. The average Bonchev–Trinajstić information content (AvgIpc) is 2.08. The summed E-state index contributed by atoms with van der Waals surface area (Å²) in [5, 5.41) is 3.93. The SMILES string of the molecule is CNCc1c(Cl)cccc1N(C)C. The van der Waals surface area contributed by atoms with Crippen molar-refractivity contribution < 1.29 is 0 Å². The highest BCUT2D eigenvalue weighted by atomic mass is 35.5. The topological polar surface area (TPSA) is 15.3 Å². The molecule has 0 unspecified atom stereocenters. The summed E-state index contributed by atoms with van der Waals surface area (Å²) in [6.45, 7) is 0.799. The summed E-state index contributed by atoms with van der Waals surface area (Å²) in [7, 11) is 5.96. The van der Waals surface area contributed by atoms with Gasteiger partial charge in [-0.1, -0.05) is 17.7 Å². The van der Waals surface area contributed by atoms with Gasteiger partial charge in [-0.3, -0.25) is 0 Å². The largest absolute Gasteiger partial charge is 0.377 e. The Kier molecular flexibility index (Phi) is 3.58. The summed E-state index contributed by atoms with van der Waals surface area (Å²) in [6, 6.07) is 5.95. The molecule has 0 radical (unpaired) electrons. The molecule has 0 heterocycles. The third-order valence-electron chi connectivity index (χ3n) is 1.93. The fourth-order valence-corrected chi connectivity index (χ4v) is 1.55. The fourth-order valence-electron chi connectivity index (χ4n) is 1.32. The van der Waals surface area contributed by atoms with Crippen molar-refractivity contribution in [3.05, 3.63) is 28.8 Å². The van der Waals surface area contributed by atoms with Crippen molar-refractivity contribution in [1.82, 2.24) is 5.32 Å². The Balaban J connectivity index is 3.09. The summed E-state index contributed by atoms with van der Waals surface area (Å²) in [4.78, 5) is 2.07. The highest BCUT2D eigenvalue weighted by molar-refractivity contribution is 6.31. The number of anilines is 1. The van der Waals surface area contributed by atoms with E-state index < -0.39 is 0 Å². The number of nitrogens with one attached hydrogen (secondary N) is 1. The molecule has 0 amide bonds. The highest BCUT2D eigenvalue weighted by Crippen LogP contribution is 2.25. The monoisotopic (exact) mass is 198 g/mol. The fraction of sp³-hybridized carbons (Fsp3) is 0.400. The average molecular weight is 199 g/mol. The van der Waals surface area contributed by atoms with Crippen molar-refractivity contribution in [1.29, 1.82) is 0 Å². The van der Waals surface area contributed by atoms with E-state index in [1.165, 1.54) is 5.69 Å². The third-order valence-corrected chi connectivity index (χ3v) is 2.28. The van der Waals surface area contributed by atoms with Crippen LogP contribution in [-0.4, -0.2) is 21.1 Å². The van der Waals surface area contributed by atoms with E-state index in [2.05, 4.69) is 16.3 Å². The van der Waals surface area contributed by atoms with Crippen molar-refractivity contribution in [2.45, 2.75) is 6.54 Å². The van der Waals surface area contributed by atoms with Crippen LogP contribution in [0.1, 0.15) is 5.56 Å². The van der Waals surface area contributed by atoms with Gasteiger partial charge in [-0.2, -0.15) is 0 Å². The molecule has 3 heteroatoms. The maximum Gasteiger partial charge on any atom is 0.0471 e. The Morgan fingerprint density at radius 2 is 2.08 bits per heavy atom. The van der Waals surface area contributed by atoms with E-state index >= 15 is 0 Å². The minimum atomic E-state index is 0.799. The van der Waals surface area contributed by atoms with E-state index in [0.717, 1.165) is 17.1 Å². The number of rotatable bonds is 3. The van der Waals surface area contributed by atoms with Crippen molar-refractivity contribution in [2.75, 3.05) is 26.0 Å². The van der Waals surface area contributed by atoms with Crippen molar-refractivity contribution in [2.24, 2.45) is 0 Å². The van der Waals surface area contributed by atoms with Gasteiger partial charge in [0.25, 0.3) is 0 Å². The van der Waals surface area contributed by atoms with Gasteiger partial charge in [0.15, 0.2) is 0 Å². The van der Waals surface area contributed by atoms with Gasteiger partial charge < -0.3 is 10.2 Å². The molecule has 0 atom stereocenters. The molecule has 0 fully saturated rings. The molecular weight excluding hydrogens is 184 g/mol. The first kappa shape index (κ1) is 10.4. The third kappa shape index (κ3) is 2.36. The molecule has 0 aliphatic heterocycles. The molecule has 1 aromatic rings. The lowest BCUT2D eigenvalue weighted by atomic mass is 10.1. The molecular formula is C10H15ClN2. The van der Waals surface area contributed by atoms with Gasteiger partial charge in [0.05, 0.1) is 0 Å². The zero-order valence-electron chi connectivity index (χ0n) is 8.26. The molecule has 13 heavy (non-hydrogen) atoms. The molecule has 0 aliphatic carbocycles. The second kappa shape index (κ2) is 4.49. The van der Waals surface area contributed by atoms with Crippen LogP contribution >= 0.6 is 11.6 Å². The Morgan fingerprint density at radius 1 is 1.38 bits per heavy atom. The van der Waals surface area contributed by atoms with Crippen LogP contribution < -0.4 is 10.2 Å². The molecule has 0 saturated heterocycles. The van der Waals surface area contributed by atoms with Gasteiger partial charge in [0, 0.05) is 36.9 Å². The standard InChI is InChI=1S/C10H15ClN2/c1-12-7-8-9(11)5-4-6-10(8)13(2)3/h4-6,12H,7H2,1-3H3. The zero-order chi connectivity index (χ0) is 9.84. The molecule has 0 spiro atoms. The number of halogens is 1. The smallest absolute Gasteiger partial charge is 0.0471 e. The van der Waals surface area contributed by atoms with E-state index in [4.69, 9.17) is 11.6 Å². The van der Waals surface area contributed by atoms with Crippen LogP contribution in [0.5, 0.6) is 0 Å². The van der Waals surface area contributed by atoms with E-state index in [1.54, 1.807) is 0 Å². The quantitative estimate of drug-likeness (QED) is 0.801. The highest BCUT2D eigenvalue weighted by Gasteiger charge is 2.06. The summed E-state index contributed by atoms with van der Waals surface area (Å²) >= 11 is 6.09. The Morgan fingerprint density at radius 3 is 2.62 bits per heavy atom. The molecule has 1 aromatic carbocycles. The predicted octanol–water partition coefficient (Wildman–Crippen LogP) is 2.13. The van der Waals surface area contributed by atoms with Gasteiger partial charge in [0.2, 0.25) is 0 Å². The van der Waals surface area contributed by atoms with Crippen LogP contribution in [0.25, 0.3) is 0 Å². The predicted molar refractivity (Wildman–Crippen MR) is 58.5 cm³/mol. The van der Waals surface area contributed by atoms with Crippen LogP contribution in [0, 0.1) is 0 Å². The lowest BCUT2D eigenvalue weighted by Gasteiger charge is -2.18. The molecule has 0 aliphatic rings. The van der Waals surface area contributed by atoms with Crippen LogP contribution in [0.4, 0.5) is 5.69 Å². The minimum absolute atomic E-state index is 0.799. The summed E-state index contributed by atoms with van der Waals surface area (Å²) in [5.74, 6) is 0. The molecule has 0 aromatic heterocycles. The van der Waals surface area contributed by atoms with Gasteiger partial charge >= 0.3 is 0 Å². The minimum Gasteiger partial charge on any atom is -0.377 e. The van der Waals surface area contributed by atoms with Gasteiger partial charge in [0.1, 0.15) is 0 Å². The first-order valence-corrected chi connectivity index (χ1v) is 4.64. The number of benzene rings is 1. The van der Waals surface area contributed by atoms with Gasteiger partial charge in [-0.05, 0) is 19.2 Å². The van der Waals surface area contributed by atoms with Crippen molar-refractivity contribution >= 4 is 17.3 Å². The van der Waals surface area contributed by atoms with Crippen LogP contribution in [-0.2, 0) is 6.54 Å². The second-order valence-corrected chi connectivity index (χ2v) is 3.57. The summed E-state index contributed by atoms with van der Waals surface area (Å²) < 4.78 is 0. The van der Waals surface area contributed by atoms with E-state index in [-0.39, 0.29) is 0 Å². The van der Waals surface area contributed by atoms with E-state index in [1.807, 2.05) is 33.3 Å². The first-order chi connectivity index (χ1) is 6.16. The Labute approximate surface area is 84.5 Å². The number of hydrogen-bond donors (Lipinski definition) is 1. The lowest BCUT2D eigenvalue weighted by molar-refractivity contribution is 0.814. The zero-order valence-corrected chi connectivity index (χ0v) is 9.02. The van der Waals surface area contributed by atoms with Crippen molar-refractivity contribution in [3.63, 3.8) is 0 Å². The second-order valence-electron chi connectivity index (χ2n) is 3.16. The molecule has 0 saturated carbocycles. The van der Waals surface area contributed by atoms with Crippen LogP contribution in [0.3, 0.4) is 0 Å². The van der Waals surface area contributed by atoms with E-state index in [0.29, 0.717) is 0 Å². The maximum atomic E-state index is 6.09. The summed E-state index contributed by atoms with van der Waals surface area (Å²) in [5.41, 5.74) is 2.32. The molecule has 1 rings (SSSR count). The maximum absolute atomic E-state index is 6.09. The normalized spacial score (nSPS) is 10.2. The van der Waals surface area contributed by atoms with Crippen LogP contribution in [0.2, 0.25) is 5.02 Å². The molecule has 1 N–H and O–H groups in total. The summed E-state index contributed by atoms with van der Waals surface area (Å²) in [6.07, 6.45) is 0. The molecule has 0 bridgehead atoms.